The van der Waals surface area contributed by atoms with Crippen LogP contribution in [0.25, 0.3) is 0 Å². The highest BCUT2D eigenvalue weighted by Gasteiger charge is 2.26. The molecule has 104 valence electrons. The van der Waals surface area contributed by atoms with E-state index >= 15 is 0 Å². The Kier molecular flexibility index (Phi) is 2.97. The zero-order valence-corrected chi connectivity index (χ0v) is 11.6. The second-order valence-electron chi connectivity index (χ2n) is 5.31. The van der Waals surface area contributed by atoms with Crippen molar-refractivity contribution in [3.63, 3.8) is 0 Å². The van der Waals surface area contributed by atoms with E-state index in [2.05, 4.69) is 42.5 Å². The van der Waals surface area contributed by atoms with E-state index in [-0.39, 0.29) is 11.6 Å². The maximum Gasteiger partial charge on any atom is 0.341 e. The fourth-order valence-electron chi connectivity index (χ4n) is 2.89. The Morgan fingerprint density at radius 2 is 2.05 bits per heavy atom. The molecule has 5 nitrogen and oxygen atoms in total. The van der Waals surface area contributed by atoms with Crippen LogP contribution in [0.5, 0.6) is 0 Å². The predicted octanol–water partition coefficient (Wildman–Crippen LogP) is 2.60. The number of hydrogen-bond acceptors (Lipinski definition) is 3. The van der Waals surface area contributed by atoms with E-state index in [0.717, 1.165) is 13.0 Å². The molecule has 0 saturated carbocycles. The van der Waals surface area contributed by atoms with Gasteiger partial charge in [-0.2, -0.15) is 5.10 Å². The van der Waals surface area contributed by atoms with E-state index in [1.54, 1.807) is 4.68 Å². The number of aryl methyl sites for hydroxylation is 2. The van der Waals surface area contributed by atoms with Crippen molar-refractivity contribution >= 4 is 11.8 Å². The van der Waals surface area contributed by atoms with Gasteiger partial charge in [0.2, 0.25) is 0 Å². The quantitative estimate of drug-likeness (QED) is 0.881. The molecule has 1 aliphatic rings. The number of nitrogens with zero attached hydrogens (tertiary/aromatic N) is 2. The minimum absolute atomic E-state index is 0.0953. The van der Waals surface area contributed by atoms with Crippen molar-refractivity contribution in [2.45, 2.75) is 26.3 Å². The van der Waals surface area contributed by atoms with Crippen molar-refractivity contribution in [2.75, 3.05) is 11.9 Å². The molecule has 20 heavy (non-hydrogen) atoms. The van der Waals surface area contributed by atoms with Gasteiger partial charge in [-0.1, -0.05) is 29.3 Å². The second-order valence-corrected chi connectivity index (χ2v) is 5.31. The minimum Gasteiger partial charge on any atom is -0.477 e. The fourth-order valence-corrected chi connectivity index (χ4v) is 2.89. The Labute approximate surface area is 117 Å². The van der Waals surface area contributed by atoms with Gasteiger partial charge in [0.05, 0.1) is 12.2 Å². The molecule has 0 bridgehead atoms. The maximum absolute atomic E-state index is 11.2. The molecule has 2 N–H and O–H groups in total. The number of nitrogens with one attached hydrogen (secondary N) is 1. The van der Waals surface area contributed by atoms with Gasteiger partial charge in [-0.05, 0) is 25.8 Å². The lowest BCUT2D eigenvalue weighted by atomic mass is 9.98. The third kappa shape index (κ3) is 2.05. The van der Waals surface area contributed by atoms with Crippen molar-refractivity contribution in [1.82, 2.24) is 9.78 Å². The van der Waals surface area contributed by atoms with E-state index in [1.807, 2.05) is 0 Å². The lowest BCUT2D eigenvalue weighted by Gasteiger charge is -2.27. The van der Waals surface area contributed by atoms with Gasteiger partial charge in [0.15, 0.2) is 0 Å². The topological polar surface area (TPSA) is 67.2 Å². The predicted molar refractivity (Wildman–Crippen MR) is 76.3 cm³/mol. The Balaban J connectivity index is 2.08. The van der Waals surface area contributed by atoms with Gasteiger partial charge >= 0.3 is 5.97 Å². The Bertz CT molecular complexity index is 656. The van der Waals surface area contributed by atoms with Crippen molar-refractivity contribution in [1.29, 1.82) is 0 Å². The summed E-state index contributed by atoms with van der Waals surface area (Å²) in [5, 5.41) is 16.6. The van der Waals surface area contributed by atoms with Crippen LogP contribution in [0.3, 0.4) is 0 Å². The summed E-state index contributed by atoms with van der Waals surface area (Å²) in [6.07, 6.45) is 2.32. The zero-order valence-electron chi connectivity index (χ0n) is 11.6. The van der Waals surface area contributed by atoms with Crippen LogP contribution < -0.4 is 5.32 Å². The van der Waals surface area contributed by atoms with Gasteiger partial charge in [-0.15, -0.1) is 0 Å². The van der Waals surface area contributed by atoms with Crippen LogP contribution in [-0.4, -0.2) is 27.4 Å². The number of anilines is 1. The minimum atomic E-state index is -0.945. The Morgan fingerprint density at radius 1 is 1.35 bits per heavy atom. The largest absolute Gasteiger partial charge is 0.477 e. The summed E-state index contributed by atoms with van der Waals surface area (Å²) in [7, 11) is 0. The summed E-state index contributed by atoms with van der Waals surface area (Å²) in [6.45, 7) is 4.90. The van der Waals surface area contributed by atoms with Gasteiger partial charge in [-0.3, -0.25) is 0 Å². The van der Waals surface area contributed by atoms with E-state index < -0.39 is 5.97 Å². The molecule has 0 fully saturated rings. The summed E-state index contributed by atoms with van der Waals surface area (Å²) in [6, 6.07) is 6.53. The van der Waals surface area contributed by atoms with Gasteiger partial charge in [0.1, 0.15) is 11.4 Å². The monoisotopic (exact) mass is 271 g/mol. The number of rotatable bonds is 2. The molecule has 1 aliphatic heterocycles. The first-order valence-electron chi connectivity index (χ1n) is 6.69. The molecular formula is C15H17N3O2. The Hall–Kier alpha value is -2.30. The molecule has 0 aliphatic carbocycles. The first kappa shape index (κ1) is 12.7. The third-order valence-corrected chi connectivity index (χ3v) is 3.66. The zero-order chi connectivity index (χ0) is 14.3. The normalized spacial score (nSPS) is 17.4. The first-order valence-corrected chi connectivity index (χ1v) is 6.69. The molecule has 0 radical (unpaired) electrons. The van der Waals surface area contributed by atoms with Gasteiger partial charge in [0, 0.05) is 6.54 Å². The average molecular weight is 271 g/mol. The van der Waals surface area contributed by atoms with Gasteiger partial charge in [0.25, 0.3) is 0 Å². The first-order chi connectivity index (χ1) is 9.56. The van der Waals surface area contributed by atoms with Crippen LogP contribution >= 0.6 is 0 Å². The van der Waals surface area contributed by atoms with E-state index in [9.17, 15) is 9.90 Å². The highest BCUT2D eigenvalue weighted by molar-refractivity contribution is 5.93. The summed E-state index contributed by atoms with van der Waals surface area (Å²) < 4.78 is 1.79. The molecule has 2 heterocycles. The van der Waals surface area contributed by atoms with Crippen molar-refractivity contribution in [2.24, 2.45) is 0 Å². The van der Waals surface area contributed by atoms with Crippen molar-refractivity contribution in [3.05, 3.63) is 46.6 Å². The number of fused-ring (bicyclic) bond motifs is 1. The molecule has 1 atom stereocenters. The number of aromatic nitrogens is 2. The second kappa shape index (κ2) is 4.67. The standard InChI is InChI=1S/C15H17N3O2/c1-9-5-10(2)7-11(6-9)13-3-4-16-14-12(15(19)20)8-17-18(13)14/h5-8,13,16H,3-4H2,1-2H3,(H,19,20). The van der Waals surface area contributed by atoms with Crippen LogP contribution in [0.4, 0.5) is 5.82 Å². The molecule has 0 amide bonds. The molecule has 1 unspecified atom stereocenters. The molecule has 1 aromatic carbocycles. The number of carboxylic acid groups (broad SMARTS) is 1. The smallest absolute Gasteiger partial charge is 0.341 e. The lowest BCUT2D eigenvalue weighted by molar-refractivity contribution is 0.0697. The van der Waals surface area contributed by atoms with E-state index in [0.29, 0.717) is 5.82 Å². The third-order valence-electron chi connectivity index (χ3n) is 3.66. The number of benzene rings is 1. The summed E-state index contributed by atoms with van der Waals surface area (Å²) in [5.41, 5.74) is 3.85. The molecular weight excluding hydrogens is 254 g/mol. The number of aromatic carboxylic acids is 1. The van der Waals surface area contributed by atoms with Gasteiger partial charge < -0.3 is 10.4 Å². The molecule has 1 aromatic heterocycles. The van der Waals surface area contributed by atoms with Gasteiger partial charge in [-0.25, -0.2) is 9.48 Å². The highest BCUT2D eigenvalue weighted by Crippen LogP contribution is 2.32. The highest BCUT2D eigenvalue weighted by atomic mass is 16.4. The van der Waals surface area contributed by atoms with Crippen molar-refractivity contribution in [3.8, 4) is 0 Å². The summed E-state index contributed by atoms with van der Waals surface area (Å²) >= 11 is 0. The molecule has 3 rings (SSSR count). The van der Waals surface area contributed by atoms with Crippen molar-refractivity contribution < 1.29 is 9.90 Å². The van der Waals surface area contributed by atoms with Crippen LogP contribution in [0.15, 0.2) is 24.4 Å². The van der Waals surface area contributed by atoms with Crippen LogP contribution in [0.2, 0.25) is 0 Å². The number of hydrogen-bond donors (Lipinski definition) is 2. The summed E-state index contributed by atoms with van der Waals surface area (Å²) in [4.78, 5) is 11.2. The molecule has 0 spiro atoms. The van der Waals surface area contributed by atoms with Crippen LogP contribution in [0.1, 0.15) is 39.5 Å². The summed E-state index contributed by atoms with van der Waals surface area (Å²) in [5.74, 6) is -0.340. The number of carboxylic acids is 1. The van der Waals surface area contributed by atoms with Crippen LogP contribution in [0, 0.1) is 13.8 Å². The Morgan fingerprint density at radius 3 is 2.70 bits per heavy atom. The lowest BCUT2D eigenvalue weighted by Crippen LogP contribution is -2.25. The molecule has 2 aromatic rings. The average Bonchev–Trinajstić information content (AvgIpc) is 2.81. The molecule has 0 saturated heterocycles. The van der Waals surface area contributed by atoms with E-state index in [1.165, 1.54) is 22.9 Å². The number of carbonyl (C=O) groups is 1. The maximum atomic E-state index is 11.2. The molecule has 5 heteroatoms. The van der Waals surface area contributed by atoms with Crippen LogP contribution in [-0.2, 0) is 0 Å². The fraction of sp³-hybridized carbons (Fsp3) is 0.333. The SMILES string of the molecule is Cc1cc(C)cc(C2CCNc3c(C(=O)O)cnn32)c1. The van der Waals surface area contributed by atoms with E-state index in [4.69, 9.17) is 0 Å².